The summed E-state index contributed by atoms with van der Waals surface area (Å²) in [6.07, 6.45) is 2.20. The van der Waals surface area contributed by atoms with Gasteiger partial charge in [-0.15, -0.1) is 0 Å². The first-order valence-corrected chi connectivity index (χ1v) is 6.15. The number of rotatable bonds is 5. The van der Waals surface area contributed by atoms with Crippen LogP contribution in [0.5, 0.6) is 0 Å². The summed E-state index contributed by atoms with van der Waals surface area (Å²) in [5.74, 6) is 3.66. The van der Waals surface area contributed by atoms with E-state index in [2.05, 4.69) is 30.9 Å². The predicted octanol–water partition coefficient (Wildman–Crippen LogP) is 2.28. The van der Waals surface area contributed by atoms with E-state index in [1.807, 2.05) is 0 Å². The molecule has 2 rings (SSSR count). The zero-order valence-corrected chi connectivity index (χ0v) is 10.3. The Morgan fingerprint density at radius 2 is 2.19 bits per heavy atom. The fourth-order valence-corrected chi connectivity index (χ4v) is 2.11. The van der Waals surface area contributed by atoms with Crippen LogP contribution in [0.3, 0.4) is 0 Å². The maximum absolute atomic E-state index is 5.75. The first-order valence-electron chi connectivity index (χ1n) is 6.15. The molecule has 0 saturated heterocycles. The van der Waals surface area contributed by atoms with Gasteiger partial charge in [-0.2, -0.15) is 4.98 Å². The van der Waals surface area contributed by atoms with Crippen LogP contribution in [0.1, 0.15) is 57.2 Å². The van der Waals surface area contributed by atoms with E-state index in [-0.39, 0.29) is 5.92 Å². The minimum Gasteiger partial charge on any atom is -0.339 e. The van der Waals surface area contributed by atoms with Gasteiger partial charge < -0.3 is 10.3 Å². The quantitative estimate of drug-likeness (QED) is 0.831. The van der Waals surface area contributed by atoms with Crippen LogP contribution in [0.2, 0.25) is 0 Å². The Bertz CT molecular complexity index is 348. The molecule has 3 unspecified atom stereocenters. The summed E-state index contributed by atoms with van der Waals surface area (Å²) in [7, 11) is 0. The van der Waals surface area contributed by atoms with Crippen molar-refractivity contribution in [2.45, 2.75) is 45.4 Å². The molecule has 3 atom stereocenters. The Morgan fingerprint density at radius 1 is 1.50 bits per heavy atom. The highest BCUT2D eigenvalue weighted by atomic mass is 16.5. The Labute approximate surface area is 96.6 Å². The number of nitrogens with two attached hydrogens (primary N) is 1. The molecule has 4 nitrogen and oxygen atoms in total. The van der Waals surface area contributed by atoms with E-state index < -0.39 is 0 Å². The first-order chi connectivity index (χ1) is 7.61. The molecule has 2 N–H and O–H groups in total. The first kappa shape index (κ1) is 11.6. The number of nitrogens with zero attached hydrogens (tertiary/aromatic N) is 2. The van der Waals surface area contributed by atoms with E-state index in [0.717, 1.165) is 18.1 Å². The molecule has 0 bridgehead atoms. The zero-order chi connectivity index (χ0) is 11.7. The Morgan fingerprint density at radius 3 is 2.69 bits per heavy atom. The van der Waals surface area contributed by atoms with Gasteiger partial charge in [0.15, 0.2) is 5.82 Å². The normalized spacial score (nSPS) is 26.1. The second-order valence-electron chi connectivity index (χ2n) is 5.37. The molecule has 1 aromatic rings. The Balaban J connectivity index is 2.04. The molecule has 1 fully saturated rings. The van der Waals surface area contributed by atoms with E-state index >= 15 is 0 Å². The summed E-state index contributed by atoms with van der Waals surface area (Å²) in [5.41, 5.74) is 5.75. The van der Waals surface area contributed by atoms with Crippen LogP contribution >= 0.6 is 0 Å². The molecular weight excluding hydrogens is 202 g/mol. The minimum absolute atomic E-state index is 0.218. The molecular formula is C12H21N3O. The third-order valence-corrected chi connectivity index (χ3v) is 3.29. The van der Waals surface area contributed by atoms with E-state index in [4.69, 9.17) is 10.3 Å². The van der Waals surface area contributed by atoms with E-state index in [0.29, 0.717) is 24.3 Å². The molecule has 0 amide bonds. The van der Waals surface area contributed by atoms with E-state index in [1.165, 1.54) is 6.42 Å². The summed E-state index contributed by atoms with van der Waals surface area (Å²) < 4.78 is 5.33. The zero-order valence-electron chi connectivity index (χ0n) is 10.3. The fraction of sp³-hybridized carbons (Fsp3) is 0.833. The monoisotopic (exact) mass is 223 g/mol. The smallest absolute Gasteiger partial charge is 0.231 e. The van der Waals surface area contributed by atoms with Gasteiger partial charge in [0.1, 0.15) is 0 Å². The maximum atomic E-state index is 5.75. The molecule has 0 aliphatic heterocycles. The van der Waals surface area contributed by atoms with Gasteiger partial charge in [0.25, 0.3) is 0 Å². The molecule has 1 aliphatic rings. The Kier molecular flexibility index (Phi) is 3.28. The maximum Gasteiger partial charge on any atom is 0.231 e. The molecule has 1 aromatic heterocycles. The van der Waals surface area contributed by atoms with Gasteiger partial charge >= 0.3 is 0 Å². The van der Waals surface area contributed by atoms with Crippen molar-refractivity contribution in [3.05, 3.63) is 11.7 Å². The lowest BCUT2D eigenvalue weighted by Crippen LogP contribution is -2.15. The van der Waals surface area contributed by atoms with Crippen molar-refractivity contribution in [2.24, 2.45) is 17.6 Å². The summed E-state index contributed by atoms with van der Waals surface area (Å²) in [6, 6.07) is 0. The van der Waals surface area contributed by atoms with Crippen LogP contribution < -0.4 is 5.73 Å². The summed E-state index contributed by atoms with van der Waals surface area (Å²) in [5, 5.41) is 4.06. The second kappa shape index (κ2) is 4.53. The third-order valence-electron chi connectivity index (χ3n) is 3.29. The lowest BCUT2D eigenvalue weighted by atomic mass is 9.97. The van der Waals surface area contributed by atoms with Crippen molar-refractivity contribution >= 4 is 0 Å². The van der Waals surface area contributed by atoms with Crippen molar-refractivity contribution in [3.63, 3.8) is 0 Å². The van der Waals surface area contributed by atoms with Gasteiger partial charge in [-0.1, -0.05) is 25.9 Å². The van der Waals surface area contributed by atoms with E-state index in [9.17, 15) is 0 Å². The standard InChI is InChI=1S/C12H21N3O/c1-7(2)4-9(6-13)12-14-11(15-16-12)10-5-8(10)3/h7-10H,4-6,13H2,1-3H3. The topological polar surface area (TPSA) is 64.9 Å². The highest BCUT2D eigenvalue weighted by Crippen LogP contribution is 2.45. The molecule has 1 saturated carbocycles. The Hall–Kier alpha value is -0.900. The van der Waals surface area contributed by atoms with Gasteiger partial charge in [0.05, 0.1) is 5.92 Å². The molecule has 1 aliphatic carbocycles. The van der Waals surface area contributed by atoms with Crippen molar-refractivity contribution in [1.29, 1.82) is 0 Å². The SMILES string of the molecule is CC(C)CC(CN)c1nc(C2CC2C)no1. The van der Waals surface area contributed by atoms with Gasteiger partial charge in [-0.25, -0.2) is 0 Å². The fourth-order valence-electron chi connectivity index (χ4n) is 2.11. The van der Waals surface area contributed by atoms with Crippen LogP contribution in [0.25, 0.3) is 0 Å². The summed E-state index contributed by atoms with van der Waals surface area (Å²) in [4.78, 5) is 4.49. The van der Waals surface area contributed by atoms with Gasteiger partial charge in [-0.3, -0.25) is 0 Å². The molecule has 16 heavy (non-hydrogen) atoms. The van der Waals surface area contributed by atoms with Crippen LogP contribution in [0.15, 0.2) is 4.52 Å². The molecule has 0 spiro atoms. The van der Waals surface area contributed by atoms with Crippen LogP contribution in [-0.2, 0) is 0 Å². The lowest BCUT2D eigenvalue weighted by molar-refractivity contribution is 0.331. The van der Waals surface area contributed by atoms with Crippen LogP contribution in [0, 0.1) is 11.8 Å². The average Bonchev–Trinajstić information content (AvgIpc) is 2.79. The van der Waals surface area contributed by atoms with Crippen molar-refractivity contribution < 1.29 is 4.52 Å². The predicted molar refractivity (Wildman–Crippen MR) is 62.1 cm³/mol. The van der Waals surface area contributed by atoms with Gasteiger partial charge in [0, 0.05) is 12.5 Å². The second-order valence-corrected chi connectivity index (χ2v) is 5.37. The van der Waals surface area contributed by atoms with Gasteiger partial charge in [0.2, 0.25) is 5.89 Å². The number of aromatic nitrogens is 2. The number of hydrogen-bond acceptors (Lipinski definition) is 4. The van der Waals surface area contributed by atoms with E-state index in [1.54, 1.807) is 0 Å². The summed E-state index contributed by atoms with van der Waals surface area (Å²) >= 11 is 0. The average molecular weight is 223 g/mol. The lowest BCUT2D eigenvalue weighted by Gasteiger charge is -2.11. The molecule has 0 radical (unpaired) electrons. The van der Waals surface area contributed by atoms with Crippen molar-refractivity contribution in [3.8, 4) is 0 Å². The van der Waals surface area contributed by atoms with Crippen LogP contribution in [0.4, 0.5) is 0 Å². The third kappa shape index (κ3) is 2.43. The highest BCUT2D eigenvalue weighted by molar-refractivity contribution is 5.08. The minimum atomic E-state index is 0.218. The molecule has 4 heteroatoms. The van der Waals surface area contributed by atoms with Gasteiger partial charge in [-0.05, 0) is 24.7 Å². The van der Waals surface area contributed by atoms with Crippen molar-refractivity contribution in [2.75, 3.05) is 6.54 Å². The molecule has 1 heterocycles. The van der Waals surface area contributed by atoms with Crippen LogP contribution in [-0.4, -0.2) is 16.7 Å². The molecule has 0 aromatic carbocycles. The summed E-state index contributed by atoms with van der Waals surface area (Å²) in [6.45, 7) is 7.17. The number of hydrogen-bond donors (Lipinski definition) is 1. The van der Waals surface area contributed by atoms with Crippen molar-refractivity contribution in [1.82, 2.24) is 10.1 Å². The molecule has 90 valence electrons. The highest BCUT2D eigenvalue weighted by Gasteiger charge is 2.38. The largest absolute Gasteiger partial charge is 0.339 e.